The molecule has 2 N–H and O–H groups in total. The molecule has 0 aliphatic carbocycles. The fourth-order valence-corrected chi connectivity index (χ4v) is 6.12. The average molecular weight is 528 g/mol. The highest BCUT2D eigenvalue weighted by atomic mass is 16.5. The van der Waals surface area contributed by atoms with Gasteiger partial charge in [0.25, 0.3) is 0 Å². The van der Waals surface area contributed by atoms with Crippen LogP contribution in [0.2, 0.25) is 0 Å². The Labute approximate surface area is 231 Å². The summed E-state index contributed by atoms with van der Waals surface area (Å²) in [5.74, 6) is 0.775. The van der Waals surface area contributed by atoms with E-state index in [-0.39, 0.29) is 17.9 Å². The predicted molar refractivity (Wildman–Crippen MR) is 155 cm³/mol. The van der Waals surface area contributed by atoms with Crippen LogP contribution < -0.4 is 10.6 Å². The number of rotatable bonds is 6. The third kappa shape index (κ3) is 9.08. The highest BCUT2D eigenvalue weighted by Crippen LogP contribution is 2.38. The van der Waals surface area contributed by atoms with E-state index < -0.39 is 11.5 Å². The van der Waals surface area contributed by atoms with Gasteiger partial charge in [-0.25, -0.2) is 0 Å². The molecule has 2 saturated heterocycles. The molecule has 214 valence electrons. The van der Waals surface area contributed by atoms with Gasteiger partial charge in [0.05, 0.1) is 18.1 Å². The van der Waals surface area contributed by atoms with Gasteiger partial charge in [0.15, 0.2) is 0 Å². The number of piperidine rings is 1. The Hall–Kier alpha value is -1.92. The third-order valence-corrected chi connectivity index (χ3v) is 8.38. The van der Waals surface area contributed by atoms with Gasteiger partial charge < -0.3 is 15.4 Å². The lowest BCUT2D eigenvalue weighted by atomic mass is 9.73. The molecule has 0 saturated carbocycles. The number of nitrogens with one attached hydrogen (secondary N) is 2. The number of amides is 2. The van der Waals surface area contributed by atoms with Crippen LogP contribution in [0, 0.1) is 31.1 Å². The molecule has 2 heterocycles. The van der Waals surface area contributed by atoms with Gasteiger partial charge in [-0.05, 0) is 88.4 Å². The lowest BCUT2D eigenvalue weighted by Crippen LogP contribution is -2.56. The molecule has 2 fully saturated rings. The van der Waals surface area contributed by atoms with Crippen molar-refractivity contribution in [2.75, 3.05) is 26.3 Å². The van der Waals surface area contributed by atoms with Crippen molar-refractivity contribution in [1.29, 1.82) is 0 Å². The molecule has 3 rings (SSSR count). The van der Waals surface area contributed by atoms with Crippen molar-refractivity contribution in [2.24, 2.45) is 17.3 Å². The number of benzene rings is 1. The van der Waals surface area contributed by atoms with Crippen LogP contribution in [0.3, 0.4) is 0 Å². The Morgan fingerprint density at radius 1 is 0.947 bits per heavy atom. The van der Waals surface area contributed by atoms with Crippen molar-refractivity contribution in [1.82, 2.24) is 15.5 Å². The SMILES string of the molecule is Cc1ccc(CN2CCC3(CCCCCOC[C@H](CC(C)C)NC(=O)[C@H](CC(C)C)NC3=O)CC2)c(C)c1. The zero-order valence-corrected chi connectivity index (χ0v) is 24.9. The molecule has 6 heteroatoms. The number of ether oxygens (including phenoxy) is 1. The minimum atomic E-state index is -0.509. The van der Waals surface area contributed by atoms with Crippen molar-refractivity contribution in [3.63, 3.8) is 0 Å². The quantitative estimate of drug-likeness (QED) is 0.510. The fraction of sp³-hybridized carbons (Fsp3) is 0.750. The van der Waals surface area contributed by atoms with Gasteiger partial charge in [-0.15, -0.1) is 0 Å². The summed E-state index contributed by atoms with van der Waals surface area (Å²) >= 11 is 0. The van der Waals surface area contributed by atoms with Gasteiger partial charge in [-0.3, -0.25) is 14.5 Å². The third-order valence-electron chi connectivity index (χ3n) is 8.38. The molecular formula is C32H53N3O3. The summed E-state index contributed by atoms with van der Waals surface area (Å²) in [7, 11) is 0. The summed E-state index contributed by atoms with van der Waals surface area (Å²) in [6.45, 7) is 16.9. The fourth-order valence-electron chi connectivity index (χ4n) is 6.12. The molecule has 0 aromatic heterocycles. The summed E-state index contributed by atoms with van der Waals surface area (Å²) in [4.78, 5) is 29.9. The number of likely N-dealkylation sites (tertiary alicyclic amines) is 1. The van der Waals surface area contributed by atoms with Gasteiger partial charge in [0.2, 0.25) is 11.8 Å². The number of aryl methyl sites for hydroxylation is 2. The monoisotopic (exact) mass is 527 g/mol. The van der Waals surface area contributed by atoms with Crippen molar-refractivity contribution < 1.29 is 14.3 Å². The number of nitrogens with zero attached hydrogens (tertiary/aromatic N) is 1. The van der Waals surface area contributed by atoms with Gasteiger partial charge in [0, 0.05) is 13.2 Å². The average Bonchev–Trinajstić information content (AvgIpc) is 2.84. The molecule has 38 heavy (non-hydrogen) atoms. The van der Waals surface area contributed by atoms with Gasteiger partial charge in [-0.1, -0.05) is 64.3 Å². The lowest BCUT2D eigenvalue weighted by Gasteiger charge is -2.42. The van der Waals surface area contributed by atoms with Crippen molar-refractivity contribution >= 4 is 11.8 Å². The van der Waals surface area contributed by atoms with Crippen molar-refractivity contribution in [3.05, 3.63) is 34.9 Å². The second-order valence-corrected chi connectivity index (χ2v) is 12.9. The Balaban J connectivity index is 1.74. The summed E-state index contributed by atoms with van der Waals surface area (Å²) in [6.07, 6.45) is 7.15. The molecule has 1 spiro atoms. The normalized spacial score (nSPS) is 24.3. The van der Waals surface area contributed by atoms with Crippen molar-refractivity contribution in [3.8, 4) is 0 Å². The standard InChI is InChI=1S/C32H53N3O3/c1-23(2)18-28-22-38-17-9-7-8-12-32(31(37)34-29(19-24(3)4)30(36)33-28)13-15-35(16-14-32)21-27-11-10-25(5)20-26(27)6/h10-11,20,23-24,28-29H,7-9,12-19,21-22H2,1-6H3,(H,33,36)(H,34,37)/t28-,29-/m0/s1. The molecule has 2 amide bonds. The molecular weight excluding hydrogens is 474 g/mol. The first-order valence-electron chi connectivity index (χ1n) is 15.1. The van der Waals surface area contributed by atoms with Crippen LogP contribution in [0.25, 0.3) is 0 Å². The van der Waals surface area contributed by atoms with Gasteiger partial charge in [0.1, 0.15) is 6.04 Å². The first-order valence-corrected chi connectivity index (χ1v) is 15.1. The molecule has 2 aliphatic heterocycles. The number of hydrogen-bond donors (Lipinski definition) is 2. The lowest BCUT2D eigenvalue weighted by molar-refractivity contribution is -0.139. The molecule has 6 nitrogen and oxygen atoms in total. The summed E-state index contributed by atoms with van der Waals surface area (Å²) in [5.41, 5.74) is 3.59. The van der Waals surface area contributed by atoms with Crippen LogP contribution in [0.1, 0.15) is 95.8 Å². The maximum absolute atomic E-state index is 14.0. The van der Waals surface area contributed by atoms with Crippen LogP contribution in [0.15, 0.2) is 18.2 Å². The first kappa shape index (κ1) is 30.6. The maximum Gasteiger partial charge on any atom is 0.242 e. The molecule has 2 atom stereocenters. The van der Waals surface area contributed by atoms with E-state index in [1.54, 1.807) is 0 Å². The topological polar surface area (TPSA) is 70.7 Å². The Morgan fingerprint density at radius 3 is 2.32 bits per heavy atom. The van der Waals surface area contributed by atoms with Crippen LogP contribution >= 0.6 is 0 Å². The van der Waals surface area contributed by atoms with Crippen LogP contribution in [-0.2, 0) is 20.9 Å². The highest BCUT2D eigenvalue weighted by molar-refractivity contribution is 5.90. The first-order chi connectivity index (χ1) is 18.1. The van der Waals surface area contributed by atoms with Crippen LogP contribution in [-0.4, -0.2) is 55.1 Å². The molecule has 2 aliphatic rings. The van der Waals surface area contributed by atoms with E-state index in [0.717, 1.165) is 64.6 Å². The van der Waals surface area contributed by atoms with Crippen LogP contribution in [0.5, 0.6) is 0 Å². The Morgan fingerprint density at radius 2 is 1.66 bits per heavy atom. The predicted octanol–water partition coefficient (Wildman–Crippen LogP) is 5.54. The Bertz CT molecular complexity index is 905. The number of carbonyl (C=O) groups excluding carboxylic acids is 2. The smallest absolute Gasteiger partial charge is 0.242 e. The second kappa shape index (κ2) is 14.5. The zero-order valence-electron chi connectivity index (χ0n) is 24.9. The number of hydrogen-bond acceptors (Lipinski definition) is 4. The molecule has 0 radical (unpaired) electrons. The molecule has 0 bridgehead atoms. The van der Waals surface area contributed by atoms with E-state index >= 15 is 0 Å². The second-order valence-electron chi connectivity index (χ2n) is 12.9. The summed E-state index contributed by atoms with van der Waals surface area (Å²) in [5, 5.41) is 6.48. The highest BCUT2D eigenvalue weighted by Gasteiger charge is 2.42. The summed E-state index contributed by atoms with van der Waals surface area (Å²) < 4.78 is 5.99. The molecule has 0 unspecified atom stereocenters. The Kier molecular flexibility index (Phi) is 11.7. The van der Waals surface area contributed by atoms with E-state index in [4.69, 9.17) is 4.74 Å². The molecule has 1 aromatic carbocycles. The van der Waals surface area contributed by atoms with Crippen molar-refractivity contribution in [2.45, 2.75) is 112 Å². The van der Waals surface area contributed by atoms with E-state index in [2.05, 4.69) is 75.3 Å². The van der Waals surface area contributed by atoms with E-state index in [1.165, 1.54) is 16.7 Å². The largest absolute Gasteiger partial charge is 0.379 e. The molecule has 1 aromatic rings. The van der Waals surface area contributed by atoms with E-state index in [0.29, 0.717) is 31.5 Å². The van der Waals surface area contributed by atoms with Gasteiger partial charge in [-0.2, -0.15) is 0 Å². The minimum Gasteiger partial charge on any atom is -0.379 e. The van der Waals surface area contributed by atoms with E-state index in [9.17, 15) is 9.59 Å². The summed E-state index contributed by atoms with van der Waals surface area (Å²) in [6, 6.07) is 6.15. The number of carbonyl (C=O) groups is 2. The van der Waals surface area contributed by atoms with Crippen LogP contribution in [0.4, 0.5) is 0 Å². The zero-order chi connectivity index (χ0) is 27.7. The minimum absolute atomic E-state index is 0.0283. The van der Waals surface area contributed by atoms with Gasteiger partial charge >= 0.3 is 0 Å². The maximum atomic E-state index is 14.0. The van der Waals surface area contributed by atoms with E-state index in [1.807, 2.05) is 0 Å².